The summed E-state index contributed by atoms with van der Waals surface area (Å²) in [5.41, 5.74) is -0.367. The molecule has 0 aromatic heterocycles. The van der Waals surface area contributed by atoms with Gasteiger partial charge >= 0.3 is 0 Å². The van der Waals surface area contributed by atoms with Crippen LogP contribution in [0.1, 0.15) is 6.92 Å². The topological polar surface area (TPSA) is 256 Å². The largest absolute Gasteiger partial charge is 0.394 e. The first kappa shape index (κ1) is 31.2. The summed E-state index contributed by atoms with van der Waals surface area (Å²) >= 11 is 0. The Bertz CT molecular complexity index is 1110. The first-order valence-corrected chi connectivity index (χ1v) is 13.1. The Morgan fingerprint density at radius 3 is 2.10 bits per heavy atom. The van der Waals surface area contributed by atoms with E-state index in [1.807, 2.05) is 0 Å². The molecular weight excluding hydrogens is 550 g/mol. The number of carbonyl (C=O) groups excluding carboxylic acids is 1. The Morgan fingerprint density at radius 2 is 1.59 bits per heavy atom. The van der Waals surface area contributed by atoms with Crippen molar-refractivity contribution in [1.82, 2.24) is 10.0 Å². The summed E-state index contributed by atoms with van der Waals surface area (Å²) in [7, 11) is -3.24. The van der Waals surface area contributed by atoms with Crippen LogP contribution in [0.25, 0.3) is 0 Å². The summed E-state index contributed by atoms with van der Waals surface area (Å²) in [6.07, 6.45) is -12.5. The van der Waals surface area contributed by atoms with E-state index in [2.05, 4.69) is 10.0 Å². The van der Waals surface area contributed by atoms with Crippen LogP contribution in [0.2, 0.25) is 0 Å². The number of nitrogens with zero attached hydrogens (tertiary/aromatic N) is 1. The molecule has 39 heavy (non-hydrogen) atoms. The van der Waals surface area contributed by atoms with Gasteiger partial charge in [0.25, 0.3) is 5.69 Å². The van der Waals surface area contributed by atoms with Gasteiger partial charge in [0.15, 0.2) is 12.6 Å². The zero-order chi connectivity index (χ0) is 29.1. The van der Waals surface area contributed by atoms with E-state index >= 15 is 0 Å². The van der Waals surface area contributed by atoms with Crippen molar-refractivity contribution in [2.75, 3.05) is 20.3 Å². The molecule has 2 heterocycles. The number of hydrogen-bond acceptors (Lipinski definition) is 14. The van der Waals surface area contributed by atoms with Crippen molar-refractivity contribution >= 4 is 21.6 Å². The SMILES string of the molecule is COC1O[C@H](CO)[C@@H](O[C@@H]2O[C@H](CO)[C@H](O)[C@H](NS(=O)(=O)c3ccc([N+](=O)[O-])cc3)[C@H]2O)[C@H](O)[C@H]1NC(C)=O. The van der Waals surface area contributed by atoms with Gasteiger partial charge in [-0.05, 0) is 12.1 Å². The van der Waals surface area contributed by atoms with Crippen molar-refractivity contribution < 1.29 is 62.6 Å². The number of nitro groups is 1. The van der Waals surface area contributed by atoms with E-state index in [9.17, 15) is 48.9 Å². The van der Waals surface area contributed by atoms with Crippen molar-refractivity contribution in [3.05, 3.63) is 34.4 Å². The number of nitrogens with one attached hydrogen (secondary N) is 2. The third-order valence-corrected chi connectivity index (χ3v) is 7.76. The predicted octanol–water partition coefficient (Wildman–Crippen LogP) is -3.70. The number of sulfonamides is 1. The molecule has 7 N–H and O–H groups in total. The molecule has 0 bridgehead atoms. The minimum absolute atomic E-state index is 0.367. The van der Waals surface area contributed by atoms with Crippen LogP contribution in [0.3, 0.4) is 0 Å². The van der Waals surface area contributed by atoms with Gasteiger partial charge in [-0.15, -0.1) is 0 Å². The maximum atomic E-state index is 12.9. The number of methoxy groups -OCH3 is 1. The number of benzene rings is 1. The Labute approximate surface area is 222 Å². The second-order valence-corrected chi connectivity index (χ2v) is 10.6. The Kier molecular flexibility index (Phi) is 10.3. The summed E-state index contributed by atoms with van der Waals surface area (Å²) in [5.74, 6) is -0.552. The molecule has 1 amide bonds. The minimum atomic E-state index is -4.48. The number of carbonyl (C=O) groups is 1. The number of nitro benzene ring substituents is 1. The number of aliphatic hydroxyl groups is 5. The third kappa shape index (κ3) is 6.87. The van der Waals surface area contributed by atoms with Crippen molar-refractivity contribution in [3.8, 4) is 0 Å². The lowest BCUT2D eigenvalue weighted by Crippen LogP contribution is -2.69. The Hall–Kier alpha value is -2.36. The van der Waals surface area contributed by atoms with Crippen LogP contribution in [0, 0.1) is 10.1 Å². The van der Waals surface area contributed by atoms with Crippen LogP contribution in [0.4, 0.5) is 5.69 Å². The van der Waals surface area contributed by atoms with E-state index < -0.39 is 100 Å². The Morgan fingerprint density at radius 1 is 1.00 bits per heavy atom. The summed E-state index contributed by atoms with van der Waals surface area (Å²) in [6.45, 7) is -0.368. The third-order valence-electron chi connectivity index (χ3n) is 6.28. The summed E-state index contributed by atoms with van der Waals surface area (Å²) in [5, 5.41) is 65.3. The molecule has 1 aromatic carbocycles. The van der Waals surface area contributed by atoms with E-state index in [0.717, 1.165) is 24.3 Å². The summed E-state index contributed by atoms with van der Waals surface area (Å²) < 4.78 is 49.8. The monoisotopic (exact) mass is 581 g/mol. The highest BCUT2D eigenvalue weighted by Crippen LogP contribution is 2.30. The second-order valence-electron chi connectivity index (χ2n) is 8.88. The van der Waals surface area contributed by atoms with Gasteiger partial charge in [-0.1, -0.05) is 0 Å². The standard InChI is InChI=1S/C21H31N3O14S/c1-9(27)22-15-17(29)19(13(8-26)37-20(15)35-2)38-21-18(30)14(16(28)12(7-25)36-21)23-39(33,34)11-5-3-10(4-6-11)24(31)32/h3-6,12-21,23,25-26,28-30H,7-8H2,1-2H3,(H,22,27)/t12-,13-,14+,15-,16+,17-,18-,19-,20?,21+/m1/s1. The van der Waals surface area contributed by atoms with Crippen molar-refractivity contribution in [1.29, 1.82) is 0 Å². The molecule has 2 aliphatic rings. The number of hydrogen-bond donors (Lipinski definition) is 7. The van der Waals surface area contributed by atoms with Crippen LogP contribution in [-0.4, -0.2) is 126 Å². The summed E-state index contributed by atoms with van der Waals surface area (Å²) in [4.78, 5) is 21.4. The normalized spacial score (nSPS) is 35.4. The van der Waals surface area contributed by atoms with E-state index in [1.165, 1.54) is 14.0 Å². The van der Waals surface area contributed by atoms with Gasteiger partial charge in [0, 0.05) is 26.2 Å². The van der Waals surface area contributed by atoms with E-state index in [1.54, 1.807) is 0 Å². The minimum Gasteiger partial charge on any atom is -0.394 e. The quantitative estimate of drug-likeness (QED) is 0.104. The lowest BCUT2D eigenvalue weighted by molar-refractivity contribution is -0.384. The van der Waals surface area contributed by atoms with Crippen LogP contribution in [0.5, 0.6) is 0 Å². The van der Waals surface area contributed by atoms with Crippen molar-refractivity contribution in [2.45, 2.75) is 73.1 Å². The molecule has 3 rings (SSSR count). The molecule has 220 valence electrons. The molecule has 1 aromatic rings. The number of amides is 1. The zero-order valence-electron chi connectivity index (χ0n) is 20.8. The van der Waals surface area contributed by atoms with Crippen LogP contribution in [0.15, 0.2) is 29.2 Å². The molecule has 0 spiro atoms. The van der Waals surface area contributed by atoms with Gasteiger partial charge in [-0.25, -0.2) is 13.1 Å². The molecule has 0 radical (unpaired) electrons. The first-order valence-electron chi connectivity index (χ1n) is 11.6. The molecule has 2 aliphatic heterocycles. The molecule has 17 nitrogen and oxygen atoms in total. The van der Waals surface area contributed by atoms with Gasteiger partial charge in [-0.3, -0.25) is 14.9 Å². The van der Waals surface area contributed by atoms with Gasteiger partial charge in [-0.2, -0.15) is 0 Å². The van der Waals surface area contributed by atoms with Crippen LogP contribution >= 0.6 is 0 Å². The first-order chi connectivity index (χ1) is 18.3. The zero-order valence-corrected chi connectivity index (χ0v) is 21.6. The van der Waals surface area contributed by atoms with E-state index in [0.29, 0.717) is 0 Å². The maximum Gasteiger partial charge on any atom is 0.269 e. The molecular formula is C21H31N3O14S. The fourth-order valence-corrected chi connectivity index (χ4v) is 5.58. The average Bonchev–Trinajstić information content (AvgIpc) is 2.90. The van der Waals surface area contributed by atoms with E-state index in [-0.39, 0.29) is 5.69 Å². The van der Waals surface area contributed by atoms with Crippen molar-refractivity contribution in [3.63, 3.8) is 0 Å². The maximum absolute atomic E-state index is 12.9. The number of rotatable bonds is 10. The molecule has 2 saturated heterocycles. The van der Waals surface area contributed by atoms with Crippen LogP contribution in [-0.2, 0) is 33.8 Å². The number of aliphatic hydroxyl groups excluding tert-OH is 5. The average molecular weight is 582 g/mol. The van der Waals surface area contributed by atoms with Crippen molar-refractivity contribution in [2.24, 2.45) is 0 Å². The fraction of sp³-hybridized carbons (Fsp3) is 0.667. The highest BCUT2D eigenvalue weighted by Gasteiger charge is 2.52. The van der Waals surface area contributed by atoms with Gasteiger partial charge in [0.2, 0.25) is 15.9 Å². The molecule has 0 saturated carbocycles. The molecule has 10 atom stereocenters. The predicted molar refractivity (Wildman–Crippen MR) is 126 cm³/mol. The molecule has 2 fully saturated rings. The fourth-order valence-electron chi connectivity index (χ4n) is 4.31. The smallest absolute Gasteiger partial charge is 0.269 e. The second kappa shape index (κ2) is 12.9. The number of non-ortho nitro benzene ring substituents is 1. The molecule has 18 heteroatoms. The Balaban J connectivity index is 1.85. The lowest BCUT2D eigenvalue weighted by atomic mass is 9.95. The van der Waals surface area contributed by atoms with E-state index in [4.69, 9.17) is 18.9 Å². The highest BCUT2D eigenvalue weighted by molar-refractivity contribution is 7.89. The molecule has 0 aliphatic carbocycles. The number of ether oxygens (including phenoxy) is 4. The van der Waals surface area contributed by atoms with Gasteiger partial charge in [0.1, 0.15) is 42.7 Å². The molecule has 1 unspecified atom stereocenters. The summed E-state index contributed by atoms with van der Waals surface area (Å²) in [6, 6.07) is 0.890. The van der Waals surface area contributed by atoms with Gasteiger partial charge in [0.05, 0.1) is 29.1 Å². The van der Waals surface area contributed by atoms with Crippen LogP contribution < -0.4 is 10.0 Å². The lowest BCUT2D eigenvalue weighted by Gasteiger charge is -2.47. The highest BCUT2D eigenvalue weighted by atomic mass is 32.2. The van der Waals surface area contributed by atoms with Gasteiger partial charge < -0.3 is 49.8 Å².